The molecule has 0 bridgehead atoms. The second kappa shape index (κ2) is 6.41. The van der Waals surface area contributed by atoms with Crippen LogP contribution >= 0.6 is 0 Å². The molecule has 0 spiro atoms. The van der Waals surface area contributed by atoms with E-state index in [4.69, 9.17) is 4.74 Å². The highest BCUT2D eigenvalue weighted by molar-refractivity contribution is 5.99. The number of methoxy groups -OCH3 is 1. The van der Waals surface area contributed by atoms with Crippen molar-refractivity contribution < 1.29 is 13.9 Å². The molecule has 0 unspecified atom stereocenters. The molecule has 2 aromatic rings. The first-order chi connectivity index (χ1) is 11.1. The Morgan fingerprint density at radius 1 is 1.13 bits per heavy atom. The molecule has 0 aliphatic heterocycles. The van der Waals surface area contributed by atoms with E-state index in [2.05, 4.69) is 5.32 Å². The summed E-state index contributed by atoms with van der Waals surface area (Å²) in [6.45, 7) is 0. The van der Waals surface area contributed by atoms with Gasteiger partial charge in [0.15, 0.2) is 0 Å². The van der Waals surface area contributed by atoms with Gasteiger partial charge in [-0.15, -0.1) is 0 Å². The summed E-state index contributed by atoms with van der Waals surface area (Å²) in [4.78, 5) is 13.0. The molecule has 0 atom stereocenters. The van der Waals surface area contributed by atoms with E-state index in [1.165, 1.54) is 12.1 Å². The Bertz CT molecular complexity index is 691. The summed E-state index contributed by atoms with van der Waals surface area (Å²) in [7, 11) is 1.60. The van der Waals surface area contributed by atoms with E-state index in [1.54, 1.807) is 25.3 Å². The van der Waals surface area contributed by atoms with E-state index in [0.717, 1.165) is 31.2 Å². The van der Waals surface area contributed by atoms with Crippen molar-refractivity contribution in [3.8, 4) is 5.75 Å². The van der Waals surface area contributed by atoms with Gasteiger partial charge in [0.05, 0.1) is 12.5 Å². The van der Waals surface area contributed by atoms with Crippen LogP contribution in [0.4, 0.5) is 10.1 Å². The van der Waals surface area contributed by atoms with Crippen molar-refractivity contribution in [1.82, 2.24) is 0 Å². The predicted molar refractivity (Wildman–Crippen MR) is 88.2 cm³/mol. The van der Waals surface area contributed by atoms with Gasteiger partial charge in [0.25, 0.3) is 0 Å². The van der Waals surface area contributed by atoms with Crippen LogP contribution in [0.25, 0.3) is 0 Å². The Hall–Kier alpha value is -2.36. The van der Waals surface area contributed by atoms with Crippen LogP contribution in [-0.4, -0.2) is 13.0 Å². The normalized spacial score (nSPS) is 16.1. The van der Waals surface area contributed by atoms with Crippen LogP contribution < -0.4 is 10.1 Å². The maximum Gasteiger partial charge on any atom is 0.235 e. The maximum absolute atomic E-state index is 13.2. The average Bonchev–Trinajstić information content (AvgIpc) is 3.06. The van der Waals surface area contributed by atoms with Gasteiger partial charge >= 0.3 is 0 Å². The molecule has 120 valence electrons. The molecule has 1 aliphatic carbocycles. The smallest absolute Gasteiger partial charge is 0.235 e. The van der Waals surface area contributed by atoms with Gasteiger partial charge in [0, 0.05) is 11.8 Å². The third-order valence-electron chi connectivity index (χ3n) is 4.62. The van der Waals surface area contributed by atoms with Crippen LogP contribution in [0.3, 0.4) is 0 Å². The molecule has 0 aromatic heterocycles. The number of carbonyl (C=O) groups excluding carboxylic acids is 1. The minimum Gasteiger partial charge on any atom is -0.497 e. The molecule has 4 heteroatoms. The lowest BCUT2D eigenvalue weighted by Crippen LogP contribution is -2.38. The van der Waals surface area contributed by atoms with Crippen molar-refractivity contribution >= 4 is 11.6 Å². The number of carbonyl (C=O) groups is 1. The maximum atomic E-state index is 13.2. The number of hydrogen-bond acceptors (Lipinski definition) is 2. The summed E-state index contributed by atoms with van der Waals surface area (Å²) in [5, 5.41) is 3.00. The standard InChI is InChI=1S/C19H20FNO2/c1-23-17-6-4-5-16(13-17)21-18(22)19(11-2-3-12-19)14-7-9-15(20)10-8-14/h4-10,13H,2-3,11-12H2,1H3,(H,21,22). The van der Waals surface area contributed by atoms with E-state index >= 15 is 0 Å². The first kappa shape index (κ1) is 15.5. The molecule has 3 rings (SSSR count). The Labute approximate surface area is 135 Å². The van der Waals surface area contributed by atoms with E-state index in [1.807, 2.05) is 18.2 Å². The molecule has 1 saturated carbocycles. The first-order valence-electron chi connectivity index (χ1n) is 7.86. The van der Waals surface area contributed by atoms with Gasteiger partial charge in [-0.3, -0.25) is 4.79 Å². The second-order valence-electron chi connectivity index (χ2n) is 5.98. The van der Waals surface area contributed by atoms with Crippen molar-refractivity contribution in [3.05, 3.63) is 59.9 Å². The molecule has 1 N–H and O–H groups in total. The second-order valence-corrected chi connectivity index (χ2v) is 5.98. The highest BCUT2D eigenvalue weighted by Crippen LogP contribution is 2.42. The van der Waals surface area contributed by atoms with Crippen LogP contribution in [0.15, 0.2) is 48.5 Å². The highest BCUT2D eigenvalue weighted by Gasteiger charge is 2.42. The number of benzene rings is 2. The van der Waals surface area contributed by atoms with E-state index < -0.39 is 5.41 Å². The van der Waals surface area contributed by atoms with E-state index in [0.29, 0.717) is 11.4 Å². The number of amides is 1. The van der Waals surface area contributed by atoms with Crippen molar-refractivity contribution in [2.45, 2.75) is 31.1 Å². The Morgan fingerprint density at radius 2 is 1.83 bits per heavy atom. The zero-order valence-corrected chi connectivity index (χ0v) is 13.1. The molecule has 23 heavy (non-hydrogen) atoms. The highest BCUT2D eigenvalue weighted by atomic mass is 19.1. The van der Waals surface area contributed by atoms with Gasteiger partial charge in [-0.2, -0.15) is 0 Å². The minimum absolute atomic E-state index is 0.0325. The van der Waals surface area contributed by atoms with Crippen molar-refractivity contribution in [3.63, 3.8) is 0 Å². The topological polar surface area (TPSA) is 38.3 Å². The summed E-state index contributed by atoms with van der Waals surface area (Å²) >= 11 is 0. The first-order valence-corrected chi connectivity index (χ1v) is 7.86. The molecule has 0 radical (unpaired) electrons. The third-order valence-corrected chi connectivity index (χ3v) is 4.62. The largest absolute Gasteiger partial charge is 0.497 e. The molecule has 1 aliphatic rings. The molecule has 0 saturated heterocycles. The van der Waals surface area contributed by atoms with Gasteiger partial charge in [-0.05, 0) is 42.7 Å². The van der Waals surface area contributed by atoms with Crippen LogP contribution in [0, 0.1) is 5.82 Å². The number of anilines is 1. The third kappa shape index (κ3) is 3.07. The Morgan fingerprint density at radius 3 is 2.48 bits per heavy atom. The molecule has 2 aromatic carbocycles. The lowest BCUT2D eigenvalue weighted by atomic mass is 9.78. The molecular formula is C19H20FNO2. The zero-order chi connectivity index (χ0) is 16.3. The van der Waals surface area contributed by atoms with Gasteiger partial charge in [-0.1, -0.05) is 31.0 Å². The Kier molecular flexibility index (Phi) is 4.33. The summed E-state index contributed by atoms with van der Waals surface area (Å²) in [6, 6.07) is 13.6. The average molecular weight is 313 g/mol. The van der Waals surface area contributed by atoms with E-state index in [9.17, 15) is 9.18 Å². The van der Waals surface area contributed by atoms with Crippen molar-refractivity contribution in [2.24, 2.45) is 0 Å². The zero-order valence-electron chi connectivity index (χ0n) is 13.1. The number of nitrogens with one attached hydrogen (secondary N) is 1. The van der Waals surface area contributed by atoms with Gasteiger partial charge in [0.2, 0.25) is 5.91 Å². The number of halogens is 1. The SMILES string of the molecule is COc1cccc(NC(=O)C2(c3ccc(F)cc3)CCCC2)c1. The summed E-state index contributed by atoms with van der Waals surface area (Å²) < 4.78 is 18.4. The number of rotatable bonds is 4. The van der Waals surface area contributed by atoms with E-state index in [-0.39, 0.29) is 11.7 Å². The summed E-state index contributed by atoms with van der Waals surface area (Å²) in [5.41, 5.74) is 1.02. The van der Waals surface area contributed by atoms with Gasteiger partial charge < -0.3 is 10.1 Å². The fourth-order valence-corrected chi connectivity index (χ4v) is 3.35. The van der Waals surface area contributed by atoms with Crippen LogP contribution in [-0.2, 0) is 10.2 Å². The van der Waals surface area contributed by atoms with Gasteiger partial charge in [-0.25, -0.2) is 4.39 Å². The molecule has 0 heterocycles. The van der Waals surface area contributed by atoms with Crippen LogP contribution in [0.2, 0.25) is 0 Å². The monoisotopic (exact) mass is 313 g/mol. The molecule has 1 amide bonds. The minimum atomic E-state index is -0.573. The van der Waals surface area contributed by atoms with Gasteiger partial charge in [0.1, 0.15) is 11.6 Å². The van der Waals surface area contributed by atoms with Crippen molar-refractivity contribution in [2.75, 3.05) is 12.4 Å². The van der Waals surface area contributed by atoms with Crippen molar-refractivity contribution in [1.29, 1.82) is 0 Å². The molecular weight excluding hydrogens is 293 g/mol. The number of ether oxygens (including phenoxy) is 1. The predicted octanol–water partition coefficient (Wildman–Crippen LogP) is 4.28. The van der Waals surface area contributed by atoms with Crippen LogP contribution in [0.1, 0.15) is 31.2 Å². The Balaban J connectivity index is 1.88. The summed E-state index contributed by atoms with van der Waals surface area (Å²) in [6.07, 6.45) is 3.58. The number of hydrogen-bond donors (Lipinski definition) is 1. The lowest BCUT2D eigenvalue weighted by Gasteiger charge is -2.28. The van der Waals surface area contributed by atoms with Crippen LogP contribution in [0.5, 0.6) is 5.75 Å². The fraction of sp³-hybridized carbons (Fsp3) is 0.316. The quantitative estimate of drug-likeness (QED) is 0.914. The lowest BCUT2D eigenvalue weighted by molar-refractivity contribution is -0.121. The molecule has 1 fully saturated rings. The fourth-order valence-electron chi connectivity index (χ4n) is 3.35. The summed E-state index contributed by atoms with van der Waals surface area (Å²) in [5.74, 6) is 0.384. The molecule has 3 nitrogen and oxygen atoms in total.